The van der Waals surface area contributed by atoms with Crippen molar-refractivity contribution in [2.45, 2.75) is 43.1 Å². The molecule has 0 spiro atoms. The number of carbonyl (C=O) groups excluding carboxylic acids is 1. The van der Waals surface area contributed by atoms with Crippen LogP contribution in [0.2, 0.25) is 0 Å². The Balaban J connectivity index is 1.40. The molecule has 7 nitrogen and oxygen atoms in total. The molecule has 1 aromatic heterocycles. The fraction of sp³-hybridized carbons (Fsp3) is 0.200. The summed E-state index contributed by atoms with van der Waals surface area (Å²) < 4.78 is 6.00. The molecule has 4 rings (SSSR count). The van der Waals surface area contributed by atoms with Crippen LogP contribution in [-0.4, -0.2) is 31.5 Å². The Labute approximate surface area is 196 Å². The fourth-order valence-electron chi connectivity index (χ4n) is 3.44. The number of rotatable bonds is 9. The summed E-state index contributed by atoms with van der Waals surface area (Å²) in [5, 5.41) is 24.5. The summed E-state index contributed by atoms with van der Waals surface area (Å²) in [7, 11) is 0. The molecule has 0 amide bonds. The van der Waals surface area contributed by atoms with E-state index in [1.807, 2.05) is 43.3 Å². The van der Waals surface area contributed by atoms with Crippen molar-refractivity contribution >= 4 is 17.5 Å². The molecule has 1 heterocycles. The predicted octanol–water partition coefficient (Wildman–Crippen LogP) is 5.46. The molecule has 0 atom stereocenters. The van der Waals surface area contributed by atoms with E-state index in [4.69, 9.17) is 4.74 Å². The third kappa shape index (κ3) is 5.40. The number of aromatic hydroxyl groups is 1. The molecule has 2 N–H and O–H groups in total. The largest absolute Gasteiger partial charge is 0.507 e. The second kappa shape index (κ2) is 10.3. The summed E-state index contributed by atoms with van der Waals surface area (Å²) in [6, 6.07) is 19.5. The van der Waals surface area contributed by atoms with Gasteiger partial charge >= 0.3 is 0 Å². The zero-order valence-corrected chi connectivity index (χ0v) is 19.2. The van der Waals surface area contributed by atoms with Gasteiger partial charge in [-0.25, -0.2) is 0 Å². The van der Waals surface area contributed by atoms with Gasteiger partial charge in [-0.05, 0) is 72.7 Å². The number of benzene rings is 3. The molecule has 33 heavy (non-hydrogen) atoms. The summed E-state index contributed by atoms with van der Waals surface area (Å²) in [6.45, 7) is 3.85. The van der Waals surface area contributed by atoms with Crippen LogP contribution in [0.5, 0.6) is 11.5 Å². The topological polar surface area (TPSA) is 101 Å². The van der Waals surface area contributed by atoms with Crippen LogP contribution in [0.3, 0.4) is 0 Å². The third-order valence-corrected chi connectivity index (χ3v) is 6.15. The van der Waals surface area contributed by atoms with Crippen LogP contribution in [-0.2, 0) is 13.0 Å². The molecular formula is C25H24N4O3S. The van der Waals surface area contributed by atoms with Crippen molar-refractivity contribution in [3.05, 3.63) is 77.4 Å². The number of aromatic nitrogens is 4. The van der Waals surface area contributed by atoms with Gasteiger partial charge < -0.3 is 9.84 Å². The third-order valence-electron chi connectivity index (χ3n) is 5.13. The second-order valence-electron chi connectivity index (χ2n) is 7.54. The number of carbonyl (C=O) groups is 1. The molecule has 8 heteroatoms. The fourth-order valence-corrected chi connectivity index (χ4v) is 4.25. The molecule has 0 bridgehead atoms. The predicted molar refractivity (Wildman–Crippen MR) is 127 cm³/mol. The smallest absolute Gasteiger partial charge is 0.204 e. The van der Waals surface area contributed by atoms with Crippen LogP contribution >= 0.6 is 11.8 Å². The number of Topliss-reactive ketones (excluding diaryl/α,β-unsaturated/α-hetero) is 1. The van der Waals surface area contributed by atoms with E-state index in [0.29, 0.717) is 35.7 Å². The lowest BCUT2D eigenvalue weighted by molar-refractivity contribution is 0.101. The van der Waals surface area contributed by atoms with Crippen molar-refractivity contribution in [1.82, 2.24) is 20.6 Å². The summed E-state index contributed by atoms with van der Waals surface area (Å²) in [4.78, 5) is 14.0. The number of nitrogens with one attached hydrogen (secondary N) is 1. The average Bonchev–Trinajstić information content (AvgIpc) is 3.36. The van der Waals surface area contributed by atoms with Crippen molar-refractivity contribution in [3.8, 4) is 22.9 Å². The van der Waals surface area contributed by atoms with E-state index in [2.05, 4.69) is 32.8 Å². The van der Waals surface area contributed by atoms with Crippen molar-refractivity contribution in [2.24, 2.45) is 0 Å². The van der Waals surface area contributed by atoms with E-state index >= 15 is 0 Å². The summed E-state index contributed by atoms with van der Waals surface area (Å²) in [5.41, 5.74) is 2.94. The van der Waals surface area contributed by atoms with E-state index in [0.717, 1.165) is 27.3 Å². The van der Waals surface area contributed by atoms with Gasteiger partial charge in [-0.2, -0.15) is 5.21 Å². The van der Waals surface area contributed by atoms with Crippen molar-refractivity contribution < 1.29 is 14.6 Å². The summed E-state index contributed by atoms with van der Waals surface area (Å²) in [6.07, 6.45) is 1.48. The van der Waals surface area contributed by atoms with Crippen LogP contribution < -0.4 is 4.74 Å². The molecule has 0 saturated heterocycles. The first-order valence-corrected chi connectivity index (χ1v) is 11.5. The molecule has 0 aliphatic rings. The molecule has 0 aliphatic heterocycles. The van der Waals surface area contributed by atoms with Gasteiger partial charge in [0.15, 0.2) is 5.78 Å². The normalized spacial score (nSPS) is 10.8. The molecule has 0 fully saturated rings. The van der Waals surface area contributed by atoms with Crippen molar-refractivity contribution in [1.29, 1.82) is 0 Å². The van der Waals surface area contributed by atoms with Crippen molar-refractivity contribution in [2.75, 3.05) is 0 Å². The highest BCUT2D eigenvalue weighted by Gasteiger charge is 2.16. The van der Waals surface area contributed by atoms with Gasteiger partial charge in [0.25, 0.3) is 0 Å². The van der Waals surface area contributed by atoms with Gasteiger partial charge in [0.05, 0.1) is 5.56 Å². The van der Waals surface area contributed by atoms with E-state index in [9.17, 15) is 9.90 Å². The molecule has 0 aliphatic carbocycles. The first kappa shape index (κ1) is 22.5. The Morgan fingerprint density at radius 3 is 2.33 bits per heavy atom. The minimum Gasteiger partial charge on any atom is -0.507 e. The maximum absolute atomic E-state index is 11.7. The van der Waals surface area contributed by atoms with Crippen LogP contribution in [0.15, 0.2) is 70.5 Å². The molecule has 0 saturated carbocycles. The number of phenols is 1. The Bertz CT molecular complexity index is 1220. The Hall–Kier alpha value is -3.65. The number of aromatic amines is 1. The lowest BCUT2D eigenvalue weighted by atomic mass is 10.0. The van der Waals surface area contributed by atoms with Crippen LogP contribution in [0, 0.1) is 0 Å². The molecule has 0 radical (unpaired) electrons. The quantitative estimate of drug-likeness (QED) is 0.320. The van der Waals surface area contributed by atoms with Gasteiger partial charge in [0, 0.05) is 20.9 Å². The monoisotopic (exact) mass is 460 g/mol. The molecule has 3 aromatic carbocycles. The summed E-state index contributed by atoms with van der Waals surface area (Å²) >= 11 is 1.66. The van der Waals surface area contributed by atoms with E-state index < -0.39 is 0 Å². The first-order valence-electron chi connectivity index (χ1n) is 10.6. The molecule has 168 valence electrons. The highest BCUT2D eigenvalue weighted by atomic mass is 32.2. The molecular weight excluding hydrogens is 436 g/mol. The van der Waals surface area contributed by atoms with E-state index in [1.54, 1.807) is 23.9 Å². The number of ketones is 1. The molecule has 0 unspecified atom stereocenters. The van der Waals surface area contributed by atoms with Gasteiger partial charge in [-0.3, -0.25) is 4.79 Å². The van der Waals surface area contributed by atoms with Gasteiger partial charge in [0.1, 0.15) is 18.1 Å². The number of phenolic OH excluding ortho intramolecular Hbond substituents is 1. The number of ether oxygens (including phenoxy) is 1. The highest BCUT2D eigenvalue weighted by molar-refractivity contribution is 7.99. The number of tetrazole rings is 1. The van der Waals surface area contributed by atoms with Gasteiger partial charge in [-0.15, -0.1) is 10.2 Å². The Kier molecular flexibility index (Phi) is 7.04. The Morgan fingerprint density at radius 2 is 1.73 bits per heavy atom. The highest BCUT2D eigenvalue weighted by Crippen LogP contribution is 2.34. The zero-order valence-electron chi connectivity index (χ0n) is 18.4. The zero-order chi connectivity index (χ0) is 23.2. The Morgan fingerprint density at radius 1 is 1.03 bits per heavy atom. The number of nitrogens with zero attached hydrogens (tertiary/aromatic N) is 3. The first-order chi connectivity index (χ1) is 16.0. The van der Waals surface area contributed by atoms with Gasteiger partial charge in [0.2, 0.25) is 5.82 Å². The number of hydrogen-bond acceptors (Lipinski definition) is 7. The number of H-pyrrole nitrogens is 1. The minimum atomic E-state index is -0.158. The SMILES string of the molecule is CCCc1c(OCc2ccc(Sc3ccc(-c4nn[nH]n4)cc3)cc2)ccc(C(C)=O)c1O. The standard InChI is InChI=1S/C25H24N4O3S/c1-3-4-22-23(14-13-21(16(2)30)24(22)31)32-15-17-5-9-19(10-6-17)33-20-11-7-18(8-12-20)25-26-28-29-27-25/h5-14,31H,3-4,15H2,1-2H3,(H,26,27,28,29). The maximum atomic E-state index is 11.7. The van der Waals surface area contributed by atoms with Crippen LogP contribution in [0.4, 0.5) is 0 Å². The lowest BCUT2D eigenvalue weighted by Crippen LogP contribution is -2.02. The number of hydrogen-bond donors (Lipinski definition) is 2. The van der Waals surface area contributed by atoms with Crippen LogP contribution in [0.25, 0.3) is 11.4 Å². The molecule has 4 aromatic rings. The van der Waals surface area contributed by atoms with E-state index in [-0.39, 0.29) is 11.5 Å². The van der Waals surface area contributed by atoms with Gasteiger partial charge in [-0.1, -0.05) is 37.2 Å². The van der Waals surface area contributed by atoms with Crippen molar-refractivity contribution in [3.63, 3.8) is 0 Å². The van der Waals surface area contributed by atoms with Crippen LogP contribution in [0.1, 0.15) is 41.8 Å². The minimum absolute atomic E-state index is 0.0268. The van der Waals surface area contributed by atoms with E-state index in [1.165, 1.54) is 6.92 Å². The lowest BCUT2D eigenvalue weighted by Gasteiger charge is -2.15. The summed E-state index contributed by atoms with van der Waals surface area (Å²) in [5.74, 6) is 1.05. The average molecular weight is 461 g/mol. The maximum Gasteiger partial charge on any atom is 0.204 e. The second-order valence-corrected chi connectivity index (χ2v) is 8.69.